The van der Waals surface area contributed by atoms with Crippen molar-refractivity contribution in [3.05, 3.63) is 71.2 Å². The molecule has 11 nitrogen and oxygen atoms in total. The van der Waals surface area contributed by atoms with Crippen molar-refractivity contribution < 1.29 is 14.3 Å². The molecule has 0 bridgehead atoms. The van der Waals surface area contributed by atoms with E-state index in [0.29, 0.717) is 17.7 Å². The molecule has 3 aromatic rings. The normalized spacial score (nSPS) is 10.9. The molecule has 0 saturated carbocycles. The zero-order valence-corrected chi connectivity index (χ0v) is 20.6. The highest BCUT2D eigenvalue weighted by Gasteiger charge is 2.17. The van der Waals surface area contributed by atoms with Gasteiger partial charge in [-0.2, -0.15) is 4.68 Å². The molecule has 0 aliphatic carbocycles. The first-order valence-corrected chi connectivity index (χ1v) is 11.4. The summed E-state index contributed by atoms with van der Waals surface area (Å²) >= 11 is 12.7. The van der Waals surface area contributed by atoms with Gasteiger partial charge < -0.3 is 14.5 Å². The molecule has 0 fully saturated rings. The molecule has 0 saturated heterocycles. The molecule has 0 aliphatic rings. The average molecular weight is 524 g/mol. The predicted octanol–water partition coefficient (Wildman–Crippen LogP) is 4.18. The van der Waals surface area contributed by atoms with E-state index in [1.807, 2.05) is 20.8 Å². The molecule has 13 heteroatoms. The Balaban J connectivity index is 1.92. The number of H-pyrrole nitrogens is 2. The largest absolute Gasteiger partial charge is 0.453 e. The third-order valence-electron chi connectivity index (χ3n) is 4.75. The minimum absolute atomic E-state index is 0.0261. The number of hydrogen-bond acceptors (Lipinski definition) is 7. The number of benzene rings is 1. The van der Waals surface area contributed by atoms with E-state index in [2.05, 4.69) is 20.4 Å². The lowest BCUT2D eigenvalue weighted by Gasteiger charge is -2.13. The van der Waals surface area contributed by atoms with Crippen LogP contribution in [0.25, 0.3) is 5.69 Å². The van der Waals surface area contributed by atoms with Crippen LogP contribution < -0.4 is 26.9 Å². The van der Waals surface area contributed by atoms with Gasteiger partial charge in [0.25, 0.3) is 11.1 Å². The van der Waals surface area contributed by atoms with Crippen LogP contribution in [0.3, 0.4) is 0 Å². The fourth-order valence-corrected chi connectivity index (χ4v) is 3.50. The summed E-state index contributed by atoms with van der Waals surface area (Å²) in [6.07, 6.45) is 1.96. The Hall–Kier alpha value is -3.57. The molecule has 2 aromatic heterocycles. The quantitative estimate of drug-likeness (QED) is 0.375. The van der Waals surface area contributed by atoms with Gasteiger partial charge in [-0.05, 0) is 30.5 Å². The average Bonchev–Trinajstić information content (AvgIpc) is 2.79. The molecule has 35 heavy (non-hydrogen) atoms. The van der Waals surface area contributed by atoms with E-state index in [4.69, 9.17) is 32.7 Å². The van der Waals surface area contributed by atoms with Crippen LogP contribution in [0, 0.1) is 0 Å². The number of nitrogens with zero attached hydrogens (tertiary/aromatic N) is 2. The summed E-state index contributed by atoms with van der Waals surface area (Å²) in [5, 5.41) is 6.15. The number of amides is 1. The zero-order valence-electron chi connectivity index (χ0n) is 19.1. The second kappa shape index (κ2) is 11.2. The van der Waals surface area contributed by atoms with E-state index < -0.39 is 23.2 Å². The van der Waals surface area contributed by atoms with Crippen LogP contribution in [0.5, 0.6) is 11.5 Å². The second-order valence-corrected chi connectivity index (χ2v) is 8.56. The Morgan fingerprint density at radius 1 is 1.14 bits per heavy atom. The number of unbranched alkanes of at least 4 members (excludes halogenated alkanes) is 1. The molecule has 0 unspecified atom stereocenters. The summed E-state index contributed by atoms with van der Waals surface area (Å²) in [6, 6.07) is 4.26. The number of nitrogens with one attached hydrogen (secondary N) is 3. The van der Waals surface area contributed by atoms with Crippen LogP contribution in [0.4, 0.5) is 10.6 Å². The van der Waals surface area contributed by atoms with Crippen molar-refractivity contribution in [3.8, 4) is 17.2 Å². The number of halogens is 2. The van der Waals surface area contributed by atoms with E-state index in [0.717, 1.165) is 11.1 Å². The molecule has 3 N–H and O–H groups in total. The number of pyridine rings is 1. The fraction of sp³-hybridized carbons (Fsp3) is 0.318. The van der Waals surface area contributed by atoms with Gasteiger partial charge in [-0.25, -0.2) is 9.59 Å². The van der Waals surface area contributed by atoms with Crippen molar-refractivity contribution in [2.75, 3.05) is 11.9 Å². The number of aromatic nitrogens is 4. The summed E-state index contributed by atoms with van der Waals surface area (Å²) in [5.41, 5.74) is -1.41. The summed E-state index contributed by atoms with van der Waals surface area (Å²) in [4.78, 5) is 53.0. The van der Waals surface area contributed by atoms with Gasteiger partial charge in [0.2, 0.25) is 5.82 Å². The molecule has 186 valence electrons. The van der Waals surface area contributed by atoms with Gasteiger partial charge in [-0.3, -0.25) is 19.9 Å². The van der Waals surface area contributed by atoms with E-state index in [9.17, 15) is 19.2 Å². The third-order valence-corrected chi connectivity index (χ3v) is 5.32. The minimum Gasteiger partial charge on any atom is -0.453 e. The molecule has 0 radical (unpaired) electrons. The van der Waals surface area contributed by atoms with Crippen molar-refractivity contribution in [1.29, 1.82) is 0 Å². The first kappa shape index (κ1) is 26.0. The lowest BCUT2D eigenvalue weighted by atomic mass is 10.1. The van der Waals surface area contributed by atoms with E-state index in [1.165, 1.54) is 18.3 Å². The molecule has 1 amide bonds. The number of ether oxygens (including phenoxy) is 2. The monoisotopic (exact) mass is 523 g/mol. The van der Waals surface area contributed by atoms with Crippen molar-refractivity contribution in [2.45, 2.75) is 39.5 Å². The lowest BCUT2D eigenvalue weighted by molar-refractivity contribution is 0.159. The highest BCUT2D eigenvalue weighted by atomic mass is 35.5. The Labute approximate surface area is 209 Å². The van der Waals surface area contributed by atoms with Crippen molar-refractivity contribution in [2.24, 2.45) is 0 Å². The first-order chi connectivity index (χ1) is 16.6. The molecule has 0 aliphatic heterocycles. The predicted molar refractivity (Wildman–Crippen MR) is 132 cm³/mol. The summed E-state index contributed by atoms with van der Waals surface area (Å²) in [5.74, 6) is -0.111. The van der Waals surface area contributed by atoms with Crippen LogP contribution in [-0.2, 0) is 4.74 Å². The van der Waals surface area contributed by atoms with E-state index in [-0.39, 0.29) is 39.6 Å². The van der Waals surface area contributed by atoms with Gasteiger partial charge in [0, 0.05) is 11.8 Å². The van der Waals surface area contributed by atoms with Gasteiger partial charge in [0.1, 0.15) is 5.75 Å². The standard InChI is InChI=1S/C22H23Cl2N5O6/c1-4-5-6-34-22(33)26-18-20(31)27-21(32)29(28-18)12-7-15(23)17(16(24)8-12)35-13-9-14(11(2)3)19(30)25-10-13/h7-11H,4-6H2,1-3H3,(H,25,30)(H,26,28,33)(H,27,31,32). The van der Waals surface area contributed by atoms with Crippen molar-refractivity contribution >= 4 is 35.1 Å². The van der Waals surface area contributed by atoms with Crippen LogP contribution >= 0.6 is 23.2 Å². The van der Waals surface area contributed by atoms with Gasteiger partial charge in [-0.15, -0.1) is 5.10 Å². The van der Waals surface area contributed by atoms with E-state index in [1.54, 1.807) is 6.07 Å². The van der Waals surface area contributed by atoms with Crippen LogP contribution in [-0.4, -0.2) is 32.4 Å². The molecule has 2 heterocycles. The Bertz CT molecular complexity index is 1390. The zero-order chi connectivity index (χ0) is 25.7. The summed E-state index contributed by atoms with van der Waals surface area (Å²) in [7, 11) is 0. The number of hydrogen-bond donors (Lipinski definition) is 3. The Morgan fingerprint density at radius 3 is 2.46 bits per heavy atom. The number of anilines is 1. The van der Waals surface area contributed by atoms with Gasteiger partial charge in [0.05, 0.1) is 22.3 Å². The maximum absolute atomic E-state index is 12.4. The van der Waals surface area contributed by atoms with Crippen molar-refractivity contribution in [1.82, 2.24) is 19.7 Å². The molecule has 3 rings (SSSR count). The topological polar surface area (TPSA) is 148 Å². The molecular weight excluding hydrogens is 501 g/mol. The lowest BCUT2D eigenvalue weighted by Crippen LogP contribution is -2.34. The van der Waals surface area contributed by atoms with Gasteiger partial charge in [0.15, 0.2) is 5.75 Å². The molecule has 0 atom stereocenters. The van der Waals surface area contributed by atoms with Crippen LogP contribution in [0.15, 0.2) is 38.8 Å². The Morgan fingerprint density at radius 2 is 1.83 bits per heavy atom. The third kappa shape index (κ3) is 6.31. The second-order valence-electron chi connectivity index (χ2n) is 7.75. The maximum Gasteiger partial charge on any atom is 0.413 e. The highest BCUT2D eigenvalue weighted by Crippen LogP contribution is 2.38. The number of aromatic amines is 2. The first-order valence-electron chi connectivity index (χ1n) is 10.7. The summed E-state index contributed by atoms with van der Waals surface area (Å²) < 4.78 is 11.5. The SMILES string of the molecule is CCCCOC(=O)Nc1nn(-c2cc(Cl)c(Oc3c[nH]c(=O)c(C(C)C)c3)c(Cl)c2)c(=O)[nH]c1=O. The Kier molecular flexibility index (Phi) is 8.36. The summed E-state index contributed by atoms with van der Waals surface area (Å²) in [6.45, 7) is 5.83. The molecule has 1 aromatic carbocycles. The van der Waals surface area contributed by atoms with E-state index >= 15 is 0 Å². The maximum atomic E-state index is 12.4. The smallest absolute Gasteiger partial charge is 0.413 e. The minimum atomic E-state index is -0.908. The van der Waals surface area contributed by atoms with Crippen LogP contribution in [0.2, 0.25) is 10.0 Å². The van der Waals surface area contributed by atoms with Crippen LogP contribution in [0.1, 0.15) is 45.1 Å². The molecular formula is C22H23Cl2N5O6. The number of carbonyl (C=O) groups is 1. The molecule has 0 spiro atoms. The fourth-order valence-electron chi connectivity index (χ4n) is 2.95. The number of rotatable bonds is 8. The highest BCUT2D eigenvalue weighted by molar-refractivity contribution is 6.37. The van der Waals surface area contributed by atoms with Crippen molar-refractivity contribution in [3.63, 3.8) is 0 Å². The number of carbonyl (C=O) groups excluding carboxylic acids is 1. The van der Waals surface area contributed by atoms with Gasteiger partial charge in [-0.1, -0.05) is 50.4 Å². The van der Waals surface area contributed by atoms with Gasteiger partial charge >= 0.3 is 11.8 Å².